The van der Waals surface area contributed by atoms with E-state index in [1.54, 1.807) is 31.4 Å². The van der Waals surface area contributed by atoms with Crippen LogP contribution in [0.15, 0.2) is 48.5 Å². The largest absolute Gasteiger partial charge is 0.497 e. The van der Waals surface area contributed by atoms with Crippen molar-refractivity contribution in [3.63, 3.8) is 0 Å². The van der Waals surface area contributed by atoms with E-state index < -0.39 is 12.0 Å². The number of rotatable bonds is 7. The third kappa shape index (κ3) is 4.20. The minimum absolute atomic E-state index is 0.167. The Morgan fingerprint density at radius 1 is 1.07 bits per heavy atom. The number of methoxy groups -OCH3 is 2. The van der Waals surface area contributed by atoms with Crippen LogP contribution in [0.2, 0.25) is 0 Å². The molecule has 1 aliphatic heterocycles. The molecule has 0 radical (unpaired) electrons. The number of carbonyl (C=O) groups excluding carboxylic acids is 3. The number of ether oxygens (including phenoxy) is 2. The molecule has 1 saturated heterocycles. The lowest BCUT2D eigenvalue weighted by Crippen LogP contribution is -2.92. The van der Waals surface area contributed by atoms with Gasteiger partial charge >= 0.3 is 5.97 Å². The maximum atomic E-state index is 12.7. The molecule has 7 nitrogen and oxygen atoms in total. The zero-order valence-corrected chi connectivity index (χ0v) is 15.9. The molecule has 7 heteroatoms. The van der Waals surface area contributed by atoms with Gasteiger partial charge in [0.2, 0.25) is 5.91 Å². The van der Waals surface area contributed by atoms with Crippen molar-refractivity contribution in [2.24, 2.45) is 0 Å². The fourth-order valence-corrected chi connectivity index (χ4v) is 3.22. The second-order valence-corrected chi connectivity index (χ2v) is 6.54. The molecule has 2 aromatic rings. The van der Waals surface area contributed by atoms with Gasteiger partial charge in [-0.25, -0.2) is 9.69 Å². The average Bonchev–Trinajstić information content (AvgIpc) is 3.01. The molecule has 2 amide bonds. The highest BCUT2D eigenvalue weighted by Crippen LogP contribution is 2.22. The highest BCUT2D eigenvalue weighted by molar-refractivity contribution is 6.21. The van der Waals surface area contributed by atoms with E-state index >= 15 is 0 Å². The van der Waals surface area contributed by atoms with Crippen molar-refractivity contribution < 1.29 is 29.2 Å². The van der Waals surface area contributed by atoms with Crippen LogP contribution in [0, 0.1) is 0 Å². The SMILES string of the molecule is COC(=O)c1ccc(N2C(=O)C[C@H]([NH2+]CCc3ccc(OC)cc3)C2=O)cc1. The number of anilines is 1. The van der Waals surface area contributed by atoms with E-state index in [1.807, 2.05) is 29.6 Å². The third-order valence-corrected chi connectivity index (χ3v) is 4.77. The molecule has 1 heterocycles. The lowest BCUT2D eigenvalue weighted by atomic mass is 10.1. The molecule has 0 unspecified atom stereocenters. The normalized spacial score (nSPS) is 16.4. The van der Waals surface area contributed by atoms with Gasteiger partial charge in [0.1, 0.15) is 5.75 Å². The van der Waals surface area contributed by atoms with Crippen molar-refractivity contribution in [3.05, 3.63) is 59.7 Å². The number of esters is 1. The zero-order chi connectivity index (χ0) is 20.1. The quantitative estimate of drug-likeness (QED) is 0.567. The van der Waals surface area contributed by atoms with Gasteiger partial charge < -0.3 is 14.8 Å². The number of imide groups is 1. The second-order valence-electron chi connectivity index (χ2n) is 6.54. The predicted molar refractivity (Wildman–Crippen MR) is 102 cm³/mol. The first-order chi connectivity index (χ1) is 13.5. The number of nitrogens with two attached hydrogens (primary N) is 1. The number of hydrogen-bond acceptors (Lipinski definition) is 5. The Morgan fingerprint density at radius 3 is 2.36 bits per heavy atom. The highest BCUT2D eigenvalue weighted by Gasteiger charge is 2.42. The lowest BCUT2D eigenvalue weighted by molar-refractivity contribution is -0.674. The van der Waals surface area contributed by atoms with E-state index in [0.29, 0.717) is 17.8 Å². The van der Waals surface area contributed by atoms with Crippen LogP contribution in [0.3, 0.4) is 0 Å². The van der Waals surface area contributed by atoms with Crippen molar-refractivity contribution in [1.29, 1.82) is 0 Å². The molecular formula is C21H23N2O5+. The van der Waals surface area contributed by atoms with Gasteiger partial charge in [-0.2, -0.15) is 0 Å². The van der Waals surface area contributed by atoms with Gasteiger partial charge in [0.25, 0.3) is 5.91 Å². The Hall–Kier alpha value is -3.19. The molecule has 1 aliphatic rings. The Morgan fingerprint density at radius 2 is 1.75 bits per heavy atom. The van der Waals surface area contributed by atoms with Crippen LogP contribution in [0.1, 0.15) is 22.3 Å². The fraction of sp³-hybridized carbons (Fsp3) is 0.286. The van der Waals surface area contributed by atoms with E-state index in [1.165, 1.54) is 12.0 Å². The van der Waals surface area contributed by atoms with Gasteiger partial charge in [0.05, 0.1) is 38.4 Å². The Bertz CT molecular complexity index is 861. The van der Waals surface area contributed by atoms with Crippen LogP contribution < -0.4 is 15.0 Å². The van der Waals surface area contributed by atoms with E-state index in [2.05, 4.69) is 4.74 Å². The molecule has 2 N–H and O–H groups in total. The molecule has 1 fully saturated rings. The topological polar surface area (TPSA) is 89.5 Å². The van der Waals surface area contributed by atoms with Gasteiger partial charge in [0, 0.05) is 6.42 Å². The van der Waals surface area contributed by atoms with E-state index in [4.69, 9.17) is 4.74 Å². The Balaban J connectivity index is 1.59. The number of quaternary nitrogens is 1. The van der Waals surface area contributed by atoms with Crippen molar-refractivity contribution in [2.45, 2.75) is 18.9 Å². The summed E-state index contributed by atoms with van der Waals surface area (Å²) >= 11 is 0. The van der Waals surface area contributed by atoms with Crippen LogP contribution in [0.25, 0.3) is 0 Å². The van der Waals surface area contributed by atoms with Crippen LogP contribution in [-0.2, 0) is 20.7 Å². The van der Waals surface area contributed by atoms with Crippen molar-refractivity contribution in [1.82, 2.24) is 0 Å². The summed E-state index contributed by atoms with van der Waals surface area (Å²) in [6.45, 7) is 0.700. The monoisotopic (exact) mass is 383 g/mol. The minimum Gasteiger partial charge on any atom is -0.497 e. The molecule has 146 valence electrons. The first kappa shape index (κ1) is 19.6. The molecule has 28 heavy (non-hydrogen) atoms. The van der Waals surface area contributed by atoms with E-state index in [9.17, 15) is 14.4 Å². The van der Waals surface area contributed by atoms with E-state index in [-0.39, 0.29) is 18.2 Å². The minimum atomic E-state index is -0.463. The number of carbonyl (C=O) groups is 3. The number of hydrogen-bond donors (Lipinski definition) is 1. The second kappa shape index (κ2) is 8.67. The lowest BCUT2D eigenvalue weighted by Gasteiger charge is -2.14. The zero-order valence-electron chi connectivity index (χ0n) is 15.9. The first-order valence-electron chi connectivity index (χ1n) is 9.05. The maximum Gasteiger partial charge on any atom is 0.337 e. The predicted octanol–water partition coefficient (Wildman–Crippen LogP) is 0.920. The van der Waals surface area contributed by atoms with Crippen molar-refractivity contribution >= 4 is 23.5 Å². The third-order valence-electron chi connectivity index (χ3n) is 4.77. The van der Waals surface area contributed by atoms with Crippen LogP contribution in [0.4, 0.5) is 5.69 Å². The standard InChI is InChI=1S/C21H22N2O5/c1-27-17-9-3-14(4-10-17)11-12-22-18-13-19(24)23(20(18)25)16-7-5-15(6-8-16)21(26)28-2/h3-10,18,22H,11-13H2,1-2H3/p+1/t18-/m0/s1. The number of benzene rings is 2. The summed E-state index contributed by atoms with van der Waals surface area (Å²) in [6, 6.07) is 13.6. The summed E-state index contributed by atoms with van der Waals surface area (Å²) < 4.78 is 9.80. The number of nitrogens with zero attached hydrogens (tertiary/aromatic N) is 1. The number of amides is 2. The maximum absolute atomic E-state index is 12.7. The van der Waals surface area contributed by atoms with Gasteiger partial charge in [-0.15, -0.1) is 0 Å². The summed E-state index contributed by atoms with van der Waals surface area (Å²) in [5, 5.41) is 1.91. The summed E-state index contributed by atoms with van der Waals surface area (Å²) in [6.07, 6.45) is 0.954. The molecule has 1 atom stereocenters. The molecule has 0 spiro atoms. The van der Waals surface area contributed by atoms with Crippen LogP contribution in [-0.4, -0.2) is 44.6 Å². The molecule has 0 aliphatic carbocycles. The molecule has 0 aromatic heterocycles. The van der Waals surface area contributed by atoms with E-state index in [0.717, 1.165) is 17.7 Å². The average molecular weight is 383 g/mol. The van der Waals surface area contributed by atoms with Crippen LogP contribution >= 0.6 is 0 Å². The molecule has 2 aromatic carbocycles. The van der Waals surface area contributed by atoms with Crippen LogP contribution in [0.5, 0.6) is 5.75 Å². The Labute approximate surface area is 163 Å². The van der Waals surface area contributed by atoms with Gasteiger partial charge in [-0.1, -0.05) is 12.1 Å². The summed E-state index contributed by atoms with van der Waals surface area (Å²) in [4.78, 5) is 37.7. The highest BCUT2D eigenvalue weighted by atomic mass is 16.5. The molecule has 0 bridgehead atoms. The van der Waals surface area contributed by atoms with Gasteiger partial charge in [-0.05, 0) is 42.0 Å². The molecule has 3 rings (SSSR count). The van der Waals surface area contributed by atoms with Gasteiger partial charge in [-0.3, -0.25) is 9.59 Å². The molecular weight excluding hydrogens is 360 g/mol. The van der Waals surface area contributed by atoms with Crippen molar-refractivity contribution in [3.8, 4) is 5.75 Å². The summed E-state index contributed by atoms with van der Waals surface area (Å²) in [5.74, 6) is -0.124. The Kier molecular flexibility index (Phi) is 6.06. The molecule has 0 saturated carbocycles. The summed E-state index contributed by atoms with van der Waals surface area (Å²) in [5.41, 5.74) is 1.98. The van der Waals surface area contributed by atoms with Gasteiger partial charge in [0.15, 0.2) is 6.04 Å². The fourth-order valence-electron chi connectivity index (χ4n) is 3.22. The van der Waals surface area contributed by atoms with Crippen molar-refractivity contribution in [2.75, 3.05) is 25.7 Å². The smallest absolute Gasteiger partial charge is 0.337 e. The first-order valence-corrected chi connectivity index (χ1v) is 9.05. The summed E-state index contributed by atoms with van der Waals surface area (Å²) in [7, 11) is 2.93.